The minimum atomic E-state index is -3.64. The second kappa shape index (κ2) is 8.96. The first-order valence-corrected chi connectivity index (χ1v) is 11.7. The van der Waals surface area contributed by atoms with Crippen LogP contribution >= 0.6 is 0 Å². The number of β-amino-alcohol motifs (C(OH)–C–C–N with tert-alkyl or cyclic N) is 1. The Hall–Kier alpha value is -2.83. The predicted molar refractivity (Wildman–Crippen MR) is 114 cm³/mol. The Morgan fingerprint density at radius 2 is 1.94 bits per heavy atom. The van der Waals surface area contributed by atoms with Crippen LogP contribution in [0.15, 0.2) is 57.9 Å². The van der Waals surface area contributed by atoms with Crippen molar-refractivity contribution in [3.63, 3.8) is 0 Å². The maximum absolute atomic E-state index is 12.7. The normalized spacial score (nSPS) is 19.4. The van der Waals surface area contributed by atoms with Crippen LogP contribution in [0.4, 0.5) is 5.69 Å². The van der Waals surface area contributed by atoms with Gasteiger partial charge in [-0.05, 0) is 37.1 Å². The molecule has 0 radical (unpaired) electrons. The molecule has 2 atom stereocenters. The van der Waals surface area contributed by atoms with E-state index in [-0.39, 0.29) is 34.1 Å². The number of para-hydroxylation sites is 1. The smallest absolute Gasteiger partial charge is 0.244 e. The Bertz CT molecular complexity index is 1180. The second-order valence-electron chi connectivity index (χ2n) is 7.86. The summed E-state index contributed by atoms with van der Waals surface area (Å²) in [5.41, 5.74) is 1.61. The van der Waals surface area contributed by atoms with Crippen molar-refractivity contribution in [2.24, 2.45) is 0 Å². The molecule has 0 amide bonds. The number of hydrogen-bond donors (Lipinski definition) is 2. The van der Waals surface area contributed by atoms with Crippen molar-refractivity contribution >= 4 is 15.5 Å². The van der Waals surface area contributed by atoms with Crippen LogP contribution in [0.2, 0.25) is 0 Å². The van der Waals surface area contributed by atoms with Crippen molar-refractivity contribution in [2.75, 3.05) is 11.8 Å². The lowest BCUT2D eigenvalue weighted by atomic mass is 10.1. The van der Waals surface area contributed by atoms with Gasteiger partial charge in [0, 0.05) is 13.1 Å². The number of sulfone groups is 1. The zero-order valence-corrected chi connectivity index (χ0v) is 18.1. The van der Waals surface area contributed by atoms with Crippen molar-refractivity contribution in [3.8, 4) is 0 Å². The number of aliphatic hydroxyl groups excluding tert-OH is 1. The summed E-state index contributed by atoms with van der Waals surface area (Å²) in [5, 5.41) is 34.6. The molecule has 1 saturated heterocycles. The molecule has 2 N–H and O–H groups in total. The van der Waals surface area contributed by atoms with Crippen LogP contribution in [-0.4, -0.2) is 46.4 Å². The summed E-state index contributed by atoms with van der Waals surface area (Å²) in [6.45, 7) is 2.41. The van der Waals surface area contributed by atoms with E-state index in [0.717, 1.165) is 5.56 Å². The lowest BCUT2D eigenvalue weighted by molar-refractivity contribution is 0.169. The Labute approximate surface area is 185 Å². The number of hydrogen-bond acceptors (Lipinski definition) is 10. The minimum absolute atomic E-state index is 0.0309. The summed E-state index contributed by atoms with van der Waals surface area (Å²) in [6, 6.07) is 12.6. The number of benzene rings is 2. The highest BCUT2D eigenvalue weighted by molar-refractivity contribution is 7.90. The lowest BCUT2D eigenvalue weighted by Crippen LogP contribution is -2.25. The maximum Gasteiger partial charge on any atom is 0.244 e. The Morgan fingerprint density at radius 3 is 2.66 bits per heavy atom. The molecule has 11 heteroatoms. The van der Waals surface area contributed by atoms with Gasteiger partial charge in [-0.25, -0.2) is 8.42 Å². The van der Waals surface area contributed by atoms with Gasteiger partial charge in [0.05, 0.1) is 22.7 Å². The van der Waals surface area contributed by atoms with Gasteiger partial charge in [0.25, 0.3) is 0 Å². The van der Waals surface area contributed by atoms with E-state index < -0.39 is 27.7 Å². The van der Waals surface area contributed by atoms with Gasteiger partial charge in [-0.15, -0.1) is 0 Å². The van der Waals surface area contributed by atoms with E-state index in [2.05, 4.69) is 10.1 Å². The summed E-state index contributed by atoms with van der Waals surface area (Å²) >= 11 is 0. The lowest BCUT2D eigenvalue weighted by Gasteiger charge is -2.27. The summed E-state index contributed by atoms with van der Waals surface area (Å²) in [6.07, 6.45) is -0.342. The van der Waals surface area contributed by atoms with Crippen LogP contribution < -0.4 is 5.23 Å². The van der Waals surface area contributed by atoms with Crippen LogP contribution in [0.5, 0.6) is 0 Å². The summed E-state index contributed by atoms with van der Waals surface area (Å²) in [4.78, 5) is 6.30. The highest BCUT2D eigenvalue weighted by atomic mass is 32.2. The first kappa shape index (κ1) is 22.4. The number of anilines is 1. The van der Waals surface area contributed by atoms with Gasteiger partial charge in [0.2, 0.25) is 5.89 Å². The van der Waals surface area contributed by atoms with Gasteiger partial charge in [-0.3, -0.25) is 10.1 Å². The summed E-state index contributed by atoms with van der Waals surface area (Å²) in [5.74, 6) is -0.188. The first-order valence-electron chi connectivity index (χ1n) is 10.0. The quantitative estimate of drug-likeness (QED) is 0.505. The molecule has 1 fully saturated rings. The fourth-order valence-corrected chi connectivity index (χ4v) is 5.00. The third-order valence-corrected chi connectivity index (χ3v) is 7.05. The van der Waals surface area contributed by atoms with Gasteiger partial charge in [-0.2, -0.15) is 4.98 Å². The number of likely N-dealkylation sites (tertiary alicyclic amines) is 1. The van der Waals surface area contributed by atoms with E-state index >= 15 is 0 Å². The molecule has 0 bridgehead atoms. The topological polar surface area (TPSA) is 143 Å². The van der Waals surface area contributed by atoms with Crippen molar-refractivity contribution in [1.82, 2.24) is 15.0 Å². The highest BCUT2D eigenvalue weighted by Gasteiger charge is 2.36. The molecule has 4 rings (SSSR count). The van der Waals surface area contributed by atoms with E-state index in [1.165, 1.54) is 6.07 Å². The molecule has 1 aromatic heterocycles. The summed E-state index contributed by atoms with van der Waals surface area (Å²) in [7, 11) is -3.64. The number of aliphatic hydroxyl groups is 1. The van der Waals surface area contributed by atoms with E-state index in [1.54, 1.807) is 42.5 Å². The fourth-order valence-electron chi connectivity index (χ4n) is 3.82. The van der Waals surface area contributed by atoms with E-state index in [4.69, 9.17) is 4.52 Å². The van der Waals surface area contributed by atoms with Crippen molar-refractivity contribution in [3.05, 3.63) is 76.6 Å². The van der Waals surface area contributed by atoms with Gasteiger partial charge in [-0.1, -0.05) is 41.1 Å². The fraction of sp³-hybridized carbons (Fsp3) is 0.333. The molecule has 170 valence electrons. The third-order valence-electron chi connectivity index (χ3n) is 5.42. The van der Waals surface area contributed by atoms with E-state index in [9.17, 15) is 23.9 Å². The standard InChI is InChI=1S/C21H23N4O6S/c1-14-6-8-17(9-7-14)32(29,30)13-20-22-21(31-23-20)19-10-16(26)12-24(19)11-15-4-2-3-5-18(15)25(27)28/h2-9,16,19,26-27H,10-13H2,1H3/q-1. The molecule has 10 nitrogen and oxygen atoms in total. The second-order valence-corrected chi connectivity index (χ2v) is 9.85. The maximum atomic E-state index is 12.7. The average Bonchev–Trinajstić information content (AvgIpc) is 3.34. The van der Waals surface area contributed by atoms with Crippen molar-refractivity contribution in [2.45, 2.75) is 42.7 Å². The number of rotatable bonds is 7. The van der Waals surface area contributed by atoms with E-state index in [1.807, 2.05) is 11.8 Å². The SMILES string of the molecule is Cc1ccc(S(=O)(=O)Cc2noc(C3CC(O)CN3Cc3ccccc3N([O-])O)n2)cc1. The molecule has 0 aliphatic carbocycles. The molecule has 0 saturated carbocycles. The molecule has 32 heavy (non-hydrogen) atoms. The molecular formula is C21H23N4O6S-. The first-order chi connectivity index (χ1) is 15.2. The van der Waals surface area contributed by atoms with Crippen LogP contribution in [0, 0.1) is 12.1 Å². The average molecular weight is 460 g/mol. The number of aromatic nitrogens is 2. The molecule has 3 aromatic rings. The predicted octanol–water partition coefficient (Wildman–Crippen LogP) is 2.35. The largest absolute Gasteiger partial charge is 0.733 e. The van der Waals surface area contributed by atoms with Crippen LogP contribution in [0.1, 0.15) is 35.3 Å². The van der Waals surface area contributed by atoms with Crippen LogP contribution in [0.25, 0.3) is 0 Å². The van der Waals surface area contributed by atoms with Crippen molar-refractivity contribution < 1.29 is 23.3 Å². The summed E-state index contributed by atoms with van der Waals surface area (Å²) < 4.78 is 30.7. The highest BCUT2D eigenvalue weighted by Crippen LogP contribution is 2.34. The number of nitrogens with zero attached hydrogens (tertiary/aromatic N) is 4. The Balaban J connectivity index is 1.53. The zero-order valence-electron chi connectivity index (χ0n) is 17.3. The zero-order chi connectivity index (χ0) is 22.9. The van der Waals surface area contributed by atoms with Gasteiger partial charge >= 0.3 is 0 Å². The monoisotopic (exact) mass is 459 g/mol. The molecule has 2 aromatic carbocycles. The number of aryl methyl sites for hydroxylation is 1. The van der Waals surface area contributed by atoms with E-state index in [0.29, 0.717) is 18.5 Å². The molecular weight excluding hydrogens is 436 g/mol. The van der Waals surface area contributed by atoms with Gasteiger partial charge in [0.1, 0.15) is 5.75 Å². The Morgan fingerprint density at radius 1 is 1.22 bits per heavy atom. The van der Waals surface area contributed by atoms with Crippen molar-refractivity contribution in [1.29, 1.82) is 0 Å². The molecule has 2 heterocycles. The molecule has 0 spiro atoms. The van der Waals surface area contributed by atoms with Gasteiger partial charge < -0.3 is 20.1 Å². The minimum Gasteiger partial charge on any atom is -0.733 e. The Kier molecular flexibility index (Phi) is 6.26. The third kappa shape index (κ3) is 4.81. The molecule has 1 aliphatic heterocycles. The van der Waals surface area contributed by atoms with Crippen LogP contribution in [0.3, 0.4) is 0 Å². The van der Waals surface area contributed by atoms with Gasteiger partial charge in [0.15, 0.2) is 15.7 Å². The molecule has 2 unspecified atom stereocenters. The molecule has 1 aliphatic rings. The van der Waals surface area contributed by atoms with Crippen LogP contribution in [-0.2, 0) is 22.1 Å².